The van der Waals surface area contributed by atoms with Gasteiger partial charge in [0.2, 0.25) is 0 Å². The Morgan fingerprint density at radius 1 is 1.38 bits per heavy atom. The van der Waals surface area contributed by atoms with Gasteiger partial charge in [-0.2, -0.15) is 0 Å². The fraction of sp³-hybridized carbons (Fsp3) is 0.818. The van der Waals surface area contributed by atoms with E-state index in [0.29, 0.717) is 11.8 Å². The Morgan fingerprint density at radius 3 is 2.38 bits per heavy atom. The van der Waals surface area contributed by atoms with Gasteiger partial charge in [0.25, 0.3) is 0 Å². The molecule has 0 aromatic rings. The summed E-state index contributed by atoms with van der Waals surface area (Å²) in [6, 6.07) is -0.233. The highest BCUT2D eigenvalue weighted by molar-refractivity contribution is 4.97. The lowest BCUT2D eigenvalue weighted by molar-refractivity contribution is 0.216. The maximum Gasteiger partial charge on any atom is 0.102 e. The molecule has 0 aliphatic heterocycles. The molecule has 1 rings (SSSR count). The number of hydrogen-bond acceptors (Lipinski definition) is 2. The first-order valence-electron chi connectivity index (χ1n) is 5.26. The Kier molecular flexibility index (Phi) is 3.79. The summed E-state index contributed by atoms with van der Waals surface area (Å²) < 4.78 is 0. The van der Waals surface area contributed by atoms with Crippen LogP contribution in [-0.4, -0.2) is 11.1 Å². The van der Waals surface area contributed by atoms with Gasteiger partial charge in [-0.15, -0.1) is 0 Å². The number of aliphatic hydroxyl groups is 1. The van der Waals surface area contributed by atoms with Crippen LogP contribution in [0, 0.1) is 11.8 Å². The lowest BCUT2D eigenvalue weighted by Crippen LogP contribution is -2.35. The zero-order chi connectivity index (χ0) is 9.84. The highest BCUT2D eigenvalue weighted by atomic mass is 16.3. The van der Waals surface area contributed by atoms with E-state index in [1.165, 1.54) is 32.1 Å². The van der Waals surface area contributed by atoms with Crippen LogP contribution in [0.3, 0.4) is 0 Å². The number of hydrogen-bond donors (Lipinski definition) is 2. The van der Waals surface area contributed by atoms with Crippen LogP contribution in [0.1, 0.15) is 39.0 Å². The molecular formula is C11H21NO. The molecule has 0 aromatic carbocycles. The Bertz CT molecular complexity index is 173. The lowest BCUT2D eigenvalue weighted by atomic mass is 9.77. The summed E-state index contributed by atoms with van der Waals surface area (Å²) in [5, 5.41) is 9.20. The van der Waals surface area contributed by atoms with Gasteiger partial charge in [0.05, 0.1) is 6.04 Å². The van der Waals surface area contributed by atoms with Crippen molar-refractivity contribution >= 4 is 0 Å². The van der Waals surface area contributed by atoms with Crippen LogP contribution in [0.2, 0.25) is 0 Å². The molecule has 0 spiro atoms. The molecule has 0 saturated heterocycles. The fourth-order valence-electron chi connectivity index (χ4n) is 2.26. The van der Waals surface area contributed by atoms with Crippen molar-refractivity contribution in [1.29, 1.82) is 0 Å². The summed E-state index contributed by atoms with van der Waals surface area (Å²) in [7, 11) is 0. The van der Waals surface area contributed by atoms with E-state index in [4.69, 9.17) is 5.73 Å². The summed E-state index contributed by atoms with van der Waals surface area (Å²) in [5.74, 6) is 1.20. The van der Waals surface area contributed by atoms with Crippen molar-refractivity contribution in [2.75, 3.05) is 0 Å². The summed E-state index contributed by atoms with van der Waals surface area (Å²) in [4.78, 5) is 0. The van der Waals surface area contributed by atoms with E-state index >= 15 is 0 Å². The van der Waals surface area contributed by atoms with Crippen molar-refractivity contribution in [3.8, 4) is 0 Å². The molecule has 2 nitrogen and oxygen atoms in total. The van der Waals surface area contributed by atoms with Gasteiger partial charge in [0.1, 0.15) is 5.76 Å². The van der Waals surface area contributed by atoms with Crippen LogP contribution in [0.25, 0.3) is 0 Å². The van der Waals surface area contributed by atoms with Gasteiger partial charge in [-0.25, -0.2) is 0 Å². The number of nitrogens with two attached hydrogens (primary N) is 1. The third-order valence-electron chi connectivity index (χ3n) is 3.34. The molecule has 13 heavy (non-hydrogen) atoms. The first-order valence-corrected chi connectivity index (χ1v) is 5.26. The predicted octanol–water partition coefficient (Wildman–Crippen LogP) is 2.60. The fourth-order valence-corrected chi connectivity index (χ4v) is 2.26. The average molecular weight is 183 g/mol. The Labute approximate surface area is 80.8 Å². The standard InChI is InChI=1S/C11H21NO/c1-8(11(12)9(2)13)10-6-4-3-5-7-10/h8,10-11,13H,2-7,12H2,1H3/t8-,11+/m1/s1. The normalized spacial score (nSPS) is 23.8. The zero-order valence-corrected chi connectivity index (χ0v) is 8.50. The molecule has 1 aliphatic carbocycles. The van der Waals surface area contributed by atoms with Crippen molar-refractivity contribution in [3.63, 3.8) is 0 Å². The molecule has 0 heterocycles. The minimum Gasteiger partial charge on any atom is -0.511 e. The van der Waals surface area contributed by atoms with Gasteiger partial charge in [0, 0.05) is 0 Å². The monoisotopic (exact) mass is 183 g/mol. The molecule has 1 fully saturated rings. The molecule has 1 aliphatic rings. The molecule has 76 valence electrons. The quantitative estimate of drug-likeness (QED) is 0.661. The van der Waals surface area contributed by atoms with Gasteiger partial charge < -0.3 is 10.8 Å². The Hall–Kier alpha value is -0.500. The SMILES string of the molecule is C=C(O)[C@@H](N)[C@H](C)C1CCCCC1. The highest BCUT2D eigenvalue weighted by Gasteiger charge is 2.25. The number of rotatable bonds is 3. The summed E-state index contributed by atoms with van der Waals surface area (Å²) >= 11 is 0. The Balaban J connectivity index is 2.44. The van der Waals surface area contributed by atoms with E-state index in [1.807, 2.05) is 0 Å². The van der Waals surface area contributed by atoms with Crippen molar-refractivity contribution in [2.24, 2.45) is 17.6 Å². The highest BCUT2D eigenvalue weighted by Crippen LogP contribution is 2.31. The molecule has 1 saturated carbocycles. The molecule has 0 bridgehead atoms. The molecule has 2 heteroatoms. The minimum absolute atomic E-state index is 0.137. The summed E-state index contributed by atoms with van der Waals surface area (Å²) in [6.07, 6.45) is 6.53. The van der Waals surface area contributed by atoms with Crippen LogP contribution in [0.5, 0.6) is 0 Å². The largest absolute Gasteiger partial charge is 0.511 e. The second kappa shape index (κ2) is 4.66. The molecular weight excluding hydrogens is 162 g/mol. The van der Waals surface area contributed by atoms with Crippen LogP contribution in [-0.2, 0) is 0 Å². The van der Waals surface area contributed by atoms with E-state index in [9.17, 15) is 5.11 Å². The molecule has 0 unspecified atom stereocenters. The van der Waals surface area contributed by atoms with Crippen molar-refractivity contribution in [3.05, 3.63) is 12.3 Å². The van der Waals surface area contributed by atoms with Crippen LogP contribution < -0.4 is 5.73 Å². The predicted molar refractivity (Wildman–Crippen MR) is 55.5 cm³/mol. The maximum atomic E-state index is 9.20. The molecule has 3 N–H and O–H groups in total. The lowest BCUT2D eigenvalue weighted by Gasteiger charge is -2.31. The topological polar surface area (TPSA) is 46.2 Å². The van der Waals surface area contributed by atoms with Crippen LogP contribution in [0.4, 0.5) is 0 Å². The third kappa shape index (κ3) is 2.73. The zero-order valence-electron chi connectivity index (χ0n) is 8.50. The maximum absolute atomic E-state index is 9.20. The average Bonchev–Trinajstić information content (AvgIpc) is 2.17. The molecule has 0 aromatic heterocycles. The van der Waals surface area contributed by atoms with Gasteiger partial charge in [0.15, 0.2) is 0 Å². The van der Waals surface area contributed by atoms with E-state index in [2.05, 4.69) is 13.5 Å². The van der Waals surface area contributed by atoms with Crippen LogP contribution in [0.15, 0.2) is 12.3 Å². The van der Waals surface area contributed by atoms with Crippen molar-refractivity contribution in [1.82, 2.24) is 0 Å². The van der Waals surface area contributed by atoms with Crippen LogP contribution >= 0.6 is 0 Å². The summed E-state index contributed by atoms with van der Waals surface area (Å²) in [5.41, 5.74) is 5.84. The molecule has 0 radical (unpaired) electrons. The molecule has 0 amide bonds. The second-order valence-electron chi connectivity index (χ2n) is 4.27. The van der Waals surface area contributed by atoms with Crippen molar-refractivity contribution < 1.29 is 5.11 Å². The van der Waals surface area contributed by atoms with Crippen molar-refractivity contribution in [2.45, 2.75) is 45.1 Å². The van der Waals surface area contributed by atoms with E-state index in [0.717, 1.165) is 0 Å². The van der Waals surface area contributed by atoms with E-state index < -0.39 is 0 Å². The third-order valence-corrected chi connectivity index (χ3v) is 3.34. The van der Waals surface area contributed by atoms with E-state index in [1.54, 1.807) is 0 Å². The van der Waals surface area contributed by atoms with E-state index in [-0.39, 0.29) is 11.8 Å². The van der Waals surface area contributed by atoms with Gasteiger partial charge in [-0.3, -0.25) is 0 Å². The first kappa shape index (κ1) is 10.6. The Morgan fingerprint density at radius 2 is 1.92 bits per heavy atom. The first-order chi connectivity index (χ1) is 6.13. The van der Waals surface area contributed by atoms with Gasteiger partial charge in [-0.1, -0.05) is 45.6 Å². The number of aliphatic hydroxyl groups excluding tert-OH is 1. The smallest absolute Gasteiger partial charge is 0.102 e. The van der Waals surface area contributed by atoms with Gasteiger partial charge >= 0.3 is 0 Å². The minimum atomic E-state index is -0.233. The molecule has 2 atom stereocenters. The van der Waals surface area contributed by atoms with Gasteiger partial charge in [-0.05, 0) is 11.8 Å². The second-order valence-corrected chi connectivity index (χ2v) is 4.27. The summed E-state index contributed by atoms with van der Waals surface area (Å²) in [6.45, 7) is 5.63.